The third kappa shape index (κ3) is 2.79. The minimum atomic E-state index is -3.79. The van der Waals surface area contributed by atoms with Crippen molar-refractivity contribution >= 4 is 13.6 Å². The van der Waals surface area contributed by atoms with Gasteiger partial charge in [0.25, 0.3) is 0 Å². The molecule has 0 radical (unpaired) electrons. The van der Waals surface area contributed by atoms with Crippen LogP contribution in [-0.2, 0) is 18.1 Å². The number of hydrogen-bond donors (Lipinski definition) is 0. The molecule has 2 bridgehead atoms. The van der Waals surface area contributed by atoms with Gasteiger partial charge in [-0.1, -0.05) is 20.8 Å². The van der Waals surface area contributed by atoms with Crippen molar-refractivity contribution in [3.63, 3.8) is 0 Å². The summed E-state index contributed by atoms with van der Waals surface area (Å²) in [5.74, 6) is 0.490. The summed E-state index contributed by atoms with van der Waals surface area (Å²) in [5.41, 5.74) is -0.0826. The van der Waals surface area contributed by atoms with Crippen LogP contribution < -0.4 is 0 Å². The van der Waals surface area contributed by atoms with E-state index in [2.05, 4.69) is 20.8 Å². The lowest BCUT2D eigenvalue weighted by Gasteiger charge is -2.37. The topological polar surface area (TPSA) is 75.0 Å². The van der Waals surface area contributed by atoms with Crippen molar-refractivity contribution in [3.8, 4) is 0 Å². The SMILES string of the molecule is CCOP(=O)(OCC)OC1=C(C(=O)c2ccco2)[C@H]2CC[C@]1(C)C2(C)C. The first-order chi connectivity index (χ1) is 12.2. The molecule has 144 valence electrons. The molecule has 7 heteroatoms. The monoisotopic (exact) mass is 382 g/mol. The summed E-state index contributed by atoms with van der Waals surface area (Å²) in [7, 11) is -3.79. The molecule has 2 atom stereocenters. The molecule has 1 heterocycles. The van der Waals surface area contributed by atoms with Gasteiger partial charge in [0, 0.05) is 11.0 Å². The van der Waals surface area contributed by atoms with E-state index in [1.54, 1.807) is 26.0 Å². The molecule has 0 spiro atoms. The Labute approximate surface area is 154 Å². The normalized spacial score (nSPS) is 27.2. The van der Waals surface area contributed by atoms with Gasteiger partial charge in [0.2, 0.25) is 5.78 Å². The number of carbonyl (C=O) groups excluding carboxylic acids is 1. The van der Waals surface area contributed by atoms with E-state index in [-0.39, 0.29) is 36.1 Å². The number of rotatable bonds is 8. The Morgan fingerprint density at radius 2 is 1.92 bits per heavy atom. The fourth-order valence-corrected chi connectivity index (χ4v) is 5.67. The second kappa shape index (κ2) is 6.66. The summed E-state index contributed by atoms with van der Waals surface area (Å²) in [6, 6.07) is 3.32. The molecule has 1 saturated carbocycles. The molecule has 0 unspecified atom stereocenters. The highest BCUT2D eigenvalue weighted by Crippen LogP contribution is 2.71. The van der Waals surface area contributed by atoms with E-state index in [1.807, 2.05) is 0 Å². The number of fused-ring (bicyclic) bond motifs is 2. The van der Waals surface area contributed by atoms with Crippen LogP contribution in [0.2, 0.25) is 0 Å². The van der Waals surface area contributed by atoms with E-state index in [0.29, 0.717) is 11.3 Å². The zero-order valence-electron chi connectivity index (χ0n) is 16.0. The lowest BCUT2D eigenvalue weighted by Crippen LogP contribution is -2.30. The molecular weight excluding hydrogens is 355 g/mol. The standard InChI is InChI=1S/C19H27O6P/c1-6-23-26(21,24-7-2)25-17-15(16(20)14-9-8-12-22-14)13-10-11-19(17,5)18(13,3)4/h8-9,12-13H,6-7,10-11H2,1-5H3/t13-,19+/m1/s1. The van der Waals surface area contributed by atoms with Crippen LogP contribution in [0.3, 0.4) is 0 Å². The maximum absolute atomic E-state index is 13.1. The van der Waals surface area contributed by atoms with Crippen molar-refractivity contribution in [2.24, 2.45) is 16.7 Å². The van der Waals surface area contributed by atoms with Gasteiger partial charge < -0.3 is 8.94 Å². The molecule has 3 rings (SSSR count). The molecule has 0 N–H and O–H groups in total. The van der Waals surface area contributed by atoms with Gasteiger partial charge in [0.1, 0.15) is 5.76 Å². The minimum absolute atomic E-state index is 0.0109. The summed E-state index contributed by atoms with van der Waals surface area (Å²) in [6.45, 7) is 10.2. The van der Waals surface area contributed by atoms with Crippen LogP contribution in [0.15, 0.2) is 34.1 Å². The highest BCUT2D eigenvalue weighted by molar-refractivity contribution is 7.48. The first-order valence-corrected chi connectivity index (χ1v) is 10.6. The zero-order chi connectivity index (χ0) is 19.2. The number of Topliss-reactive ketones (excluding diaryl/α,β-unsaturated/α-hetero) is 1. The third-order valence-corrected chi connectivity index (χ3v) is 7.64. The van der Waals surface area contributed by atoms with Crippen LogP contribution in [0.5, 0.6) is 0 Å². The third-order valence-electron chi connectivity index (χ3n) is 6.09. The van der Waals surface area contributed by atoms with Crippen molar-refractivity contribution in [1.29, 1.82) is 0 Å². The Hall–Kier alpha value is -1.36. The molecule has 6 nitrogen and oxygen atoms in total. The number of furan rings is 1. The van der Waals surface area contributed by atoms with Gasteiger partial charge in [-0.15, -0.1) is 0 Å². The van der Waals surface area contributed by atoms with Crippen molar-refractivity contribution in [3.05, 3.63) is 35.5 Å². The summed E-state index contributed by atoms with van der Waals surface area (Å²) in [6.07, 6.45) is 3.21. The Balaban J connectivity index is 2.09. The van der Waals surface area contributed by atoms with Crippen molar-refractivity contribution < 1.29 is 27.3 Å². The van der Waals surface area contributed by atoms with E-state index in [9.17, 15) is 9.36 Å². The summed E-state index contributed by atoms with van der Waals surface area (Å²) in [5, 5.41) is 0. The summed E-state index contributed by atoms with van der Waals surface area (Å²) >= 11 is 0. The van der Waals surface area contributed by atoms with Gasteiger partial charge in [0.05, 0.1) is 19.5 Å². The molecule has 2 aliphatic rings. The fourth-order valence-electron chi connectivity index (χ4n) is 4.34. The Kier molecular flexibility index (Phi) is 4.97. The van der Waals surface area contributed by atoms with Crippen LogP contribution in [-0.4, -0.2) is 19.0 Å². The number of ketones is 1. The van der Waals surface area contributed by atoms with Gasteiger partial charge in [-0.25, -0.2) is 4.57 Å². The predicted molar refractivity (Wildman–Crippen MR) is 96.6 cm³/mol. The second-order valence-corrected chi connectivity index (χ2v) is 9.16. The van der Waals surface area contributed by atoms with Crippen LogP contribution >= 0.6 is 7.82 Å². The molecule has 0 saturated heterocycles. The Bertz CT molecular complexity index is 753. The molecule has 0 amide bonds. The Morgan fingerprint density at radius 1 is 1.27 bits per heavy atom. The van der Waals surface area contributed by atoms with Crippen LogP contribution in [0.4, 0.5) is 0 Å². The minimum Gasteiger partial charge on any atom is -0.461 e. The lowest BCUT2D eigenvalue weighted by atomic mass is 9.69. The molecule has 1 aromatic rings. The van der Waals surface area contributed by atoms with Gasteiger partial charge >= 0.3 is 7.82 Å². The quantitative estimate of drug-likeness (QED) is 0.444. The Morgan fingerprint density at radius 3 is 2.46 bits per heavy atom. The largest absolute Gasteiger partial charge is 0.529 e. The molecule has 2 aliphatic carbocycles. The average Bonchev–Trinajstić information content (AvgIpc) is 3.20. The lowest BCUT2D eigenvalue weighted by molar-refractivity contribution is 0.0909. The van der Waals surface area contributed by atoms with Crippen LogP contribution in [0.25, 0.3) is 0 Å². The molecule has 26 heavy (non-hydrogen) atoms. The van der Waals surface area contributed by atoms with E-state index in [0.717, 1.165) is 12.8 Å². The molecular formula is C19H27O6P. The van der Waals surface area contributed by atoms with E-state index in [4.69, 9.17) is 18.0 Å². The highest BCUT2D eigenvalue weighted by Gasteiger charge is 2.64. The fraction of sp³-hybridized carbons (Fsp3) is 0.632. The summed E-state index contributed by atoms with van der Waals surface area (Å²) in [4.78, 5) is 13.1. The molecule has 0 aromatic carbocycles. The van der Waals surface area contributed by atoms with E-state index < -0.39 is 13.2 Å². The first kappa shape index (κ1) is 19.4. The van der Waals surface area contributed by atoms with Gasteiger partial charge in [-0.2, -0.15) is 0 Å². The number of phosphoric acid groups is 1. The van der Waals surface area contributed by atoms with Gasteiger partial charge in [-0.05, 0) is 50.2 Å². The van der Waals surface area contributed by atoms with Crippen molar-refractivity contribution in [2.45, 2.75) is 47.5 Å². The summed E-state index contributed by atoms with van der Waals surface area (Å²) < 4.78 is 34.9. The molecule has 1 aromatic heterocycles. The van der Waals surface area contributed by atoms with Crippen molar-refractivity contribution in [1.82, 2.24) is 0 Å². The van der Waals surface area contributed by atoms with E-state index >= 15 is 0 Å². The maximum Gasteiger partial charge on any atom is 0.529 e. The number of hydrogen-bond acceptors (Lipinski definition) is 6. The molecule has 1 fully saturated rings. The first-order valence-electron chi connectivity index (χ1n) is 9.11. The van der Waals surface area contributed by atoms with Crippen LogP contribution in [0.1, 0.15) is 58.0 Å². The van der Waals surface area contributed by atoms with Gasteiger partial charge in [0.15, 0.2) is 5.76 Å². The molecule has 0 aliphatic heterocycles. The van der Waals surface area contributed by atoms with Crippen LogP contribution in [0, 0.1) is 16.7 Å². The smallest absolute Gasteiger partial charge is 0.461 e. The predicted octanol–water partition coefficient (Wildman–Crippen LogP) is 5.37. The average molecular weight is 382 g/mol. The maximum atomic E-state index is 13.1. The van der Waals surface area contributed by atoms with Gasteiger partial charge in [-0.3, -0.25) is 13.8 Å². The number of carbonyl (C=O) groups is 1. The number of phosphoric ester groups is 1. The second-order valence-electron chi connectivity index (χ2n) is 7.57. The van der Waals surface area contributed by atoms with Crippen molar-refractivity contribution in [2.75, 3.05) is 13.2 Å². The number of allylic oxidation sites excluding steroid dienone is 2. The van der Waals surface area contributed by atoms with E-state index in [1.165, 1.54) is 6.26 Å². The zero-order valence-corrected chi connectivity index (χ0v) is 16.9. The highest BCUT2D eigenvalue weighted by atomic mass is 31.2.